The maximum absolute atomic E-state index is 11.6. The normalized spacial score (nSPS) is 26.6. The van der Waals surface area contributed by atoms with Crippen LogP contribution in [0.5, 0.6) is 0 Å². The first-order valence-corrected chi connectivity index (χ1v) is 7.62. The van der Waals surface area contributed by atoms with Crippen molar-refractivity contribution in [2.45, 2.75) is 31.3 Å². The molecule has 0 aromatic rings. The molecule has 110 valence electrons. The molecule has 2 amide bonds. The summed E-state index contributed by atoms with van der Waals surface area (Å²) in [6.07, 6.45) is 0.179. The third-order valence-electron chi connectivity index (χ3n) is 2.94. The maximum atomic E-state index is 11.6. The lowest BCUT2D eigenvalue weighted by atomic mass is 10.0. The Kier molecular flexibility index (Phi) is 4.75. The first-order chi connectivity index (χ1) is 8.67. The number of aliphatic hydroxyl groups is 1. The molecule has 8 nitrogen and oxygen atoms in total. The number of aliphatic carboxylic acids is 1. The summed E-state index contributed by atoms with van der Waals surface area (Å²) in [5, 5.41) is 22.2. The van der Waals surface area contributed by atoms with Crippen molar-refractivity contribution < 1.29 is 28.2 Å². The molecular formula is C10H18N2O6S. The highest BCUT2D eigenvalue weighted by Crippen LogP contribution is 2.22. The summed E-state index contributed by atoms with van der Waals surface area (Å²) in [6, 6.07) is -1.95. The SMILES string of the molecule is CC1(NC(=O)N[C@H](CCO)C(=O)O)CCS(=O)(=O)C1. The van der Waals surface area contributed by atoms with Crippen LogP contribution in [-0.2, 0) is 14.6 Å². The Bertz CT molecular complexity index is 463. The number of amides is 2. The van der Waals surface area contributed by atoms with Gasteiger partial charge in [-0.25, -0.2) is 18.0 Å². The number of carboxylic acids is 1. The van der Waals surface area contributed by atoms with Gasteiger partial charge in [0.2, 0.25) is 0 Å². The van der Waals surface area contributed by atoms with Gasteiger partial charge in [-0.3, -0.25) is 0 Å². The van der Waals surface area contributed by atoms with Crippen molar-refractivity contribution in [3.8, 4) is 0 Å². The van der Waals surface area contributed by atoms with Crippen LogP contribution in [0.2, 0.25) is 0 Å². The summed E-state index contributed by atoms with van der Waals surface area (Å²) in [7, 11) is -3.15. The van der Waals surface area contributed by atoms with E-state index in [0.717, 1.165) is 0 Å². The number of hydrogen-bond acceptors (Lipinski definition) is 5. The van der Waals surface area contributed by atoms with E-state index in [2.05, 4.69) is 10.6 Å². The number of carboxylic acid groups (broad SMARTS) is 1. The quantitative estimate of drug-likeness (QED) is 0.498. The van der Waals surface area contributed by atoms with Gasteiger partial charge in [-0.05, 0) is 13.3 Å². The van der Waals surface area contributed by atoms with E-state index in [9.17, 15) is 18.0 Å². The molecule has 1 fully saturated rings. The molecule has 0 aromatic carbocycles. The van der Waals surface area contributed by atoms with Gasteiger partial charge in [-0.15, -0.1) is 0 Å². The van der Waals surface area contributed by atoms with Crippen molar-refractivity contribution in [1.82, 2.24) is 10.6 Å². The molecular weight excluding hydrogens is 276 g/mol. The first kappa shape index (κ1) is 15.7. The zero-order valence-corrected chi connectivity index (χ0v) is 11.4. The highest BCUT2D eigenvalue weighted by molar-refractivity contribution is 7.91. The molecule has 1 saturated heterocycles. The van der Waals surface area contributed by atoms with Crippen LogP contribution in [0, 0.1) is 0 Å². The van der Waals surface area contributed by atoms with Gasteiger partial charge >= 0.3 is 12.0 Å². The minimum Gasteiger partial charge on any atom is -0.480 e. The molecule has 19 heavy (non-hydrogen) atoms. The molecule has 9 heteroatoms. The molecule has 4 N–H and O–H groups in total. The molecule has 1 unspecified atom stereocenters. The number of nitrogens with one attached hydrogen (secondary N) is 2. The molecule has 0 spiro atoms. The van der Waals surface area contributed by atoms with E-state index in [4.69, 9.17) is 10.2 Å². The Morgan fingerprint density at radius 3 is 2.47 bits per heavy atom. The average Bonchev–Trinajstić information content (AvgIpc) is 2.51. The van der Waals surface area contributed by atoms with Gasteiger partial charge < -0.3 is 20.8 Å². The predicted molar refractivity (Wildman–Crippen MR) is 66.5 cm³/mol. The van der Waals surface area contributed by atoms with E-state index in [-0.39, 0.29) is 24.5 Å². The van der Waals surface area contributed by atoms with E-state index in [1.807, 2.05) is 0 Å². The molecule has 1 aliphatic rings. The molecule has 0 saturated carbocycles. The van der Waals surface area contributed by atoms with Crippen molar-refractivity contribution in [1.29, 1.82) is 0 Å². The monoisotopic (exact) mass is 294 g/mol. The van der Waals surface area contributed by atoms with Crippen LogP contribution in [0.15, 0.2) is 0 Å². The van der Waals surface area contributed by atoms with Crippen molar-refractivity contribution in [3.05, 3.63) is 0 Å². The second kappa shape index (κ2) is 5.74. The minimum absolute atomic E-state index is 0.00276. The van der Waals surface area contributed by atoms with Crippen LogP contribution < -0.4 is 10.6 Å². The van der Waals surface area contributed by atoms with Gasteiger partial charge in [0, 0.05) is 13.0 Å². The van der Waals surface area contributed by atoms with Crippen LogP contribution >= 0.6 is 0 Å². The van der Waals surface area contributed by atoms with Crippen LogP contribution in [0.1, 0.15) is 19.8 Å². The Balaban J connectivity index is 2.58. The van der Waals surface area contributed by atoms with Crippen LogP contribution in [-0.4, -0.2) is 60.3 Å². The van der Waals surface area contributed by atoms with E-state index in [1.54, 1.807) is 6.92 Å². The number of urea groups is 1. The first-order valence-electron chi connectivity index (χ1n) is 5.80. The maximum Gasteiger partial charge on any atom is 0.326 e. The Hall–Kier alpha value is -1.35. The lowest BCUT2D eigenvalue weighted by molar-refractivity contribution is -0.139. The van der Waals surface area contributed by atoms with Crippen LogP contribution in [0.4, 0.5) is 4.79 Å². The third-order valence-corrected chi connectivity index (χ3v) is 4.84. The summed E-state index contributed by atoms with van der Waals surface area (Å²) in [5.74, 6) is -1.41. The minimum atomic E-state index is -3.15. The number of hydrogen-bond donors (Lipinski definition) is 4. The smallest absolute Gasteiger partial charge is 0.326 e. The van der Waals surface area contributed by atoms with Gasteiger partial charge in [0.1, 0.15) is 6.04 Å². The second-order valence-corrected chi connectivity index (χ2v) is 7.09. The highest BCUT2D eigenvalue weighted by Gasteiger charge is 2.39. The molecule has 2 atom stereocenters. The van der Waals surface area contributed by atoms with E-state index >= 15 is 0 Å². The van der Waals surface area contributed by atoms with Crippen LogP contribution in [0.3, 0.4) is 0 Å². The largest absolute Gasteiger partial charge is 0.480 e. The van der Waals surface area contributed by atoms with Crippen molar-refractivity contribution in [2.75, 3.05) is 18.1 Å². The summed E-state index contributed by atoms with van der Waals surface area (Å²) in [5.41, 5.74) is -0.884. The molecule has 0 radical (unpaired) electrons. The topological polar surface area (TPSA) is 133 Å². The molecule has 1 rings (SSSR count). The molecule has 1 aliphatic heterocycles. The lowest BCUT2D eigenvalue weighted by Gasteiger charge is -2.25. The Morgan fingerprint density at radius 2 is 2.05 bits per heavy atom. The standard InChI is InChI=1S/C10H18N2O6S/c1-10(3-5-19(17,18)6-10)12-9(16)11-7(2-4-13)8(14)15/h7,13H,2-6H2,1H3,(H,14,15)(H2,11,12,16)/t7-,10?/m1/s1. The van der Waals surface area contributed by atoms with E-state index < -0.39 is 33.4 Å². The number of sulfone groups is 1. The Morgan fingerprint density at radius 1 is 1.42 bits per heavy atom. The van der Waals surface area contributed by atoms with Crippen molar-refractivity contribution in [2.24, 2.45) is 0 Å². The molecule has 1 heterocycles. The van der Waals surface area contributed by atoms with Gasteiger partial charge in [0.25, 0.3) is 0 Å². The third kappa shape index (κ3) is 4.67. The van der Waals surface area contributed by atoms with Gasteiger partial charge in [0.05, 0.1) is 17.0 Å². The van der Waals surface area contributed by atoms with Gasteiger partial charge in [0.15, 0.2) is 9.84 Å². The second-order valence-electron chi connectivity index (χ2n) is 4.90. The number of aliphatic hydroxyl groups excluding tert-OH is 1. The highest BCUT2D eigenvalue weighted by atomic mass is 32.2. The van der Waals surface area contributed by atoms with Crippen molar-refractivity contribution in [3.63, 3.8) is 0 Å². The fraction of sp³-hybridized carbons (Fsp3) is 0.800. The van der Waals surface area contributed by atoms with E-state index in [0.29, 0.717) is 6.42 Å². The van der Waals surface area contributed by atoms with Crippen LogP contribution in [0.25, 0.3) is 0 Å². The summed E-state index contributed by atoms with van der Waals surface area (Å²) in [4.78, 5) is 22.4. The van der Waals surface area contributed by atoms with E-state index in [1.165, 1.54) is 0 Å². The zero-order valence-electron chi connectivity index (χ0n) is 10.5. The van der Waals surface area contributed by atoms with Crippen molar-refractivity contribution >= 4 is 21.8 Å². The Labute approximate surface area is 111 Å². The fourth-order valence-electron chi connectivity index (χ4n) is 1.96. The predicted octanol–water partition coefficient (Wildman–Crippen LogP) is -1.30. The number of carbonyl (C=O) groups is 2. The number of carbonyl (C=O) groups excluding carboxylic acids is 1. The number of rotatable bonds is 5. The molecule has 0 aromatic heterocycles. The summed E-state index contributed by atoms with van der Waals surface area (Å²) >= 11 is 0. The van der Waals surface area contributed by atoms with Gasteiger partial charge in [-0.2, -0.15) is 0 Å². The molecule has 0 aliphatic carbocycles. The zero-order chi connectivity index (χ0) is 14.7. The summed E-state index contributed by atoms with van der Waals surface area (Å²) < 4.78 is 22.7. The molecule has 0 bridgehead atoms. The lowest BCUT2D eigenvalue weighted by Crippen LogP contribution is -2.54. The fourth-order valence-corrected chi connectivity index (χ4v) is 4.06. The average molecular weight is 294 g/mol. The summed E-state index contributed by atoms with van der Waals surface area (Å²) in [6.45, 7) is 1.22. The van der Waals surface area contributed by atoms with Gasteiger partial charge in [-0.1, -0.05) is 0 Å².